The van der Waals surface area contributed by atoms with Crippen LogP contribution in [0, 0.1) is 12.7 Å². The summed E-state index contributed by atoms with van der Waals surface area (Å²) in [5.74, 6) is -0.938. The van der Waals surface area contributed by atoms with Crippen LogP contribution in [-0.4, -0.2) is 37.6 Å². The van der Waals surface area contributed by atoms with Gasteiger partial charge in [0.15, 0.2) is 11.5 Å². The smallest absolute Gasteiger partial charge is 0.486 e. The van der Waals surface area contributed by atoms with E-state index in [1.807, 2.05) is 12.1 Å². The second-order valence-electron chi connectivity index (χ2n) is 7.56. The van der Waals surface area contributed by atoms with Gasteiger partial charge in [-0.15, -0.1) is 0 Å². The Balaban J connectivity index is 1.68. The minimum atomic E-state index is -5.86. The largest absolute Gasteiger partial charge is 0.516 e. The van der Waals surface area contributed by atoms with Crippen molar-refractivity contribution in [1.82, 2.24) is 9.29 Å². The summed E-state index contributed by atoms with van der Waals surface area (Å²) < 4.78 is 87.8. The number of fused-ring (bicyclic) bond motifs is 2. The third-order valence-corrected chi connectivity index (χ3v) is 6.16. The molecule has 0 fully saturated rings. The van der Waals surface area contributed by atoms with Crippen LogP contribution < -0.4 is 14.2 Å². The zero-order valence-electron chi connectivity index (χ0n) is 17.6. The average molecular weight is 498 g/mol. The fourth-order valence-corrected chi connectivity index (χ4v) is 4.08. The minimum Gasteiger partial charge on any atom is -0.486 e. The molecule has 0 unspecified atom stereocenters. The molecule has 0 atom stereocenters. The molecule has 34 heavy (non-hydrogen) atoms. The van der Waals surface area contributed by atoms with Crippen molar-refractivity contribution in [1.29, 1.82) is 0 Å². The lowest BCUT2D eigenvalue weighted by Crippen LogP contribution is -2.39. The van der Waals surface area contributed by atoms with Crippen molar-refractivity contribution >= 4 is 32.9 Å². The number of carbonyl (C=O) groups excluding carboxylic acids is 1. The second kappa shape index (κ2) is 8.67. The number of benzene rings is 2. The summed E-state index contributed by atoms with van der Waals surface area (Å²) in [5, 5.41) is 0.528. The van der Waals surface area contributed by atoms with Gasteiger partial charge in [0.25, 0.3) is 5.91 Å². The predicted molar refractivity (Wildman–Crippen MR) is 115 cm³/mol. The van der Waals surface area contributed by atoms with E-state index in [4.69, 9.17) is 9.47 Å². The van der Waals surface area contributed by atoms with Crippen molar-refractivity contribution in [2.24, 2.45) is 0 Å². The summed E-state index contributed by atoms with van der Waals surface area (Å²) in [6.45, 7) is 2.97. The van der Waals surface area contributed by atoms with E-state index in [-0.39, 0.29) is 5.56 Å². The van der Waals surface area contributed by atoms with Crippen LogP contribution in [0.3, 0.4) is 0 Å². The van der Waals surface area contributed by atoms with Gasteiger partial charge in [0.05, 0.1) is 5.52 Å². The summed E-state index contributed by atoms with van der Waals surface area (Å²) in [7, 11) is -5.86. The Morgan fingerprint density at radius 2 is 1.85 bits per heavy atom. The molecule has 4 rings (SSSR count). The van der Waals surface area contributed by atoms with Crippen LogP contribution in [0.25, 0.3) is 17.0 Å². The van der Waals surface area contributed by atoms with Crippen LogP contribution in [0.15, 0.2) is 42.6 Å². The summed E-state index contributed by atoms with van der Waals surface area (Å²) in [5.41, 5.74) is -3.38. The molecule has 0 bridgehead atoms. The molecule has 0 saturated heterocycles. The highest BCUT2D eigenvalue weighted by atomic mass is 32.2. The van der Waals surface area contributed by atoms with Crippen molar-refractivity contribution < 1.29 is 40.2 Å². The quantitative estimate of drug-likeness (QED) is 0.426. The minimum absolute atomic E-state index is 0.181. The van der Waals surface area contributed by atoms with E-state index in [1.54, 1.807) is 23.8 Å². The van der Waals surface area contributed by atoms with Gasteiger partial charge in [0, 0.05) is 29.8 Å². The zero-order valence-corrected chi connectivity index (χ0v) is 18.5. The van der Waals surface area contributed by atoms with Gasteiger partial charge in [-0.2, -0.15) is 21.6 Å². The SMILES string of the molecule is Cc1cn(Cc2ccc3c(c2)OCCO3)c2c(/C=C/C(=O)NS(=O)(=O)C(F)(F)F)cc(F)cc12. The van der Waals surface area contributed by atoms with Gasteiger partial charge in [-0.05, 0) is 48.4 Å². The maximum Gasteiger partial charge on any atom is 0.516 e. The Morgan fingerprint density at radius 3 is 2.56 bits per heavy atom. The molecule has 0 aliphatic carbocycles. The molecule has 1 N–H and O–H groups in total. The average Bonchev–Trinajstić information content (AvgIpc) is 3.06. The number of nitrogens with zero attached hydrogens (tertiary/aromatic N) is 1. The van der Waals surface area contributed by atoms with Crippen LogP contribution in [0.1, 0.15) is 16.7 Å². The number of halogens is 4. The van der Waals surface area contributed by atoms with Gasteiger partial charge in [-0.1, -0.05) is 6.07 Å². The standard InChI is InChI=1S/C22H18F4N2O5S/c1-13-11-28(12-14-2-4-18-19(8-14)33-7-6-32-18)21-15(9-16(23)10-17(13)21)3-5-20(29)27-34(30,31)22(24,25)26/h2-5,8-11H,6-7,12H2,1H3,(H,27,29)/b5-3+. The van der Waals surface area contributed by atoms with E-state index < -0.39 is 27.3 Å². The van der Waals surface area contributed by atoms with E-state index in [1.165, 1.54) is 6.07 Å². The Bertz CT molecular complexity index is 1410. The first-order chi connectivity index (χ1) is 15.9. The summed E-state index contributed by atoms with van der Waals surface area (Å²) in [6.07, 6.45) is 3.44. The molecule has 180 valence electrons. The second-order valence-corrected chi connectivity index (χ2v) is 9.23. The van der Waals surface area contributed by atoms with Crippen LogP contribution in [0.5, 0.6) is 11.5 Å². The highest BCUT2D eigenvalue weighted by Crippen LogP contribution is 2.32. The number of aromatic nitrogens is 1. The number of hydrogen-bond donors (Lipinski definition) is 1. The molecule has 1 amide bonds. The molecule has 3 aromatic rings. The molecular formula is C22H18F4N2O5S. The van der Waals surface area contributed by atoms with Gasteiger partial charge in [-0.3, -0.25) is 4.79 Å². The number of ether oxygens (including phenoxy) is 2. The molecule has 2 heterocycles. The fourth-order valence-electron chi connectivity index (χ4n) is 3.63. The maximum atomic E-state index is 14.2. The number of carbonyl (C=O) groups is 1. The Labute approximate surface area is 191 Å². The van der Waals surface area contributed by atoms with E-state index in [9.17, 15) is 30.8 Å². The third-order valence-electron chi connectivity index (χ3n) is 5.08. The van der Waals surface area contributed by atoms with Gasteiger partial charge in [-0.25, -0.2) is 9.11 Å². The number of alkyl halides is 3. The number of amides is 1. The number of aryl methyl sites for hydroxylation is 1. The molecule has 2 aromatic carbocycles. The lowest BCUT2D eigenvalue weighted by Gasteiger charge is -2.19. The Hall–Kier alpha value is -3.54. The van der Waals surface area contributed by atoms with E-state index in [0.29, 0.717) is 48.2 Å². The number of nitrogens with one attached hydrogen (secondary N) is 1. The normalized spacial score (nSPS) is 14.0. The van der Waals surface area contributed by atoms with Crippen LogP contribution >= 0.6 is 0 Å². The zero-order chi connectivity index (χ0) is 24.7. The molecule has 7 nitrogen and oxygen atoms in total. The maximum absolute atomic E-state index is 14.2. The molecule has 1 aromatic heterocycles. The lowest BCUT2D eigenvalue weighted by molar-refractivity contribution is -0.115. The lowest BCUT2D eigenvalue weighted by atomic mass is 10.1. The molecule has 0 spiro atoms. The first-order valence-corrected chi connectivity index (χ1v) is 11.4. The molecule has 1 aliphatic rings. The van der Waals surface area contributed by atoms with Crippen LogP contribution in [-0.2, 0) is 21.4 Å². The van der Waals surface area contributed by atoms with Gasteiger partial charge in [0.1, 0.15) is 19.0 Å². The van der Waals surface area contributed by atoms with Crippen molar-refractivity contribution in [3.05, 3.63) is 65.1 Å². The van der Waals surface area contributed by atoms with Gasteiger partial charge in [0.2, 0.25) is 0 Å². The predicted octanol–water partition coefficient (Wildman–Crippen LogP) is 3.89. The van der Waals surface area contributed by atoms with Crippen molar-refractivity contribution in [2.45, 2.75) is 19.0 Å². The number of hydrogen-bond acceptors (Lipinski definition) is 5. The first kappa shape index (κ1) is 23.6. The Morgan fingerprint density at radius 1 is 1.15 bits per heavy atom. The molecule has 12 heteroatoms. The number of rotatable bonds is 5. The third kappa shape index (κ3) is 4.72. The summed E-state index contributed by atoms with van der Waals surface area (Å²) in [6, 6.07) is 7.82. The highest BCUT2D eigenvalue weighted by molar-refractivity contribution is 7.90. The van der Waals surface area contributed by atoms with E-state index in [2.05, 4.69) is 0 Å². The molecule has 0 saturated carbocycles. The van der Waals surface area contributed by atoms with Crippen LogP contribution in [0.2, 0.25) is 0 Å². The Kier molecular flexibility index (Phi) is 6.02. The van der Waals surface area contributed by atoms with Crippen LogP contribution in [0.4, 0.5) is 17.6 Å². The van der Waals surface area contributed by atoms with E-state index >= 15 is 0 Å². The van der Waals surface area contributed by atoms with Crippen molar-refractivity contribution in [3.8, 4) is 11.5 Å². The monoisotopic (exact) mass is 498 g/mol. The number of sulfonamides is 1. The molecule has 1 aliphatic heterocycles. The highest BCUT2D eigenvalue weighted by Gasteiger charge is 2.46. The fraction of sp³-hybridized carbons (Fsp3) is 0.227. The van der Waals surface area contributed by atoms with Crippen molar-refractivity contribution in [3.63, 3.8) is 0 Å². The van der Waals surface area contributed by atoms with Crippen molar-refractivity contribution in [2.75, 3.05) is 13.2 Å². The molecular weight excluding hydrogens is 480 g/mol. The van der Waals surface area contributed by atoms with Gasteiger partial charge < -0.3 is 14.0 Å². The first-order valence-electron chi connectivity index (χ1n) is 9.93. The van der Waals surface area contributed by atoms with E-state index in [0.717, 1.165) is 28.0 Å². The summed E-state index contributed by atoms with van der Waals surface area (Å²) >= 11 is 0. The molecule has 0 radical (unpaired) electrons. The van der Waals surface area contributed by atoms with Gasteiger partial charge >= 0.3 is 15.5 Å². The summed E-state index contributed by atoms with van der Waals surface area (Å²) in [4.78, 5) is 11.8. The topological polar surface area (TPSA) is 86.6 Å².